The summed E-state index contributed by atoms with van der Waals surface area (Å²) in [5.41, 5.74) is 5.41. The van der Waals surface area contributed by atoms with Crippen LogP contribution >= 0.6 is 23.6 Å². The lowest BCUT2D eigenvalue weighted by atomic mass is 10.3. The molecule has 1 heterocycles. The van der Waals surface area contributed by atoms with Crippen molar-refractivity contribution >= 4 is 38.6 Å². The number of nitrogens with one attached hydrogen (secondary N) is 1. The maximum atomic E-state index is 11.9. The third-order valence-electron chi connectivity index (χ3n) is 2.16. The lowest BCUT2D eigenvalue weighted by Gasteiger charge is -2.14. The van der Waals surface area contributed by atoms with Gasteiger partial charge in [0.05, 0.1) is 11.5 Å². The molecule has 3 N–H and O–H groups in total. The molecule has 96 valence electrons. The van der Waals surface area contributed by atoms with Crippen LogP contribution in [0.4, 0.5) is 0 Å². The van der Waals surface area contributed by atoms with E-state index in [9.17, 15) is 8.42 Å². The van der Waals surface area contributed by atoms with Crippen LogP contribution in [0.25, 0.3) is 0 Å². The fraction of sp³-hybridized carbons (Fsp3) is 0.556. The van der Waals surface area contributed by atoms with Gasteiger partial charge in [-0.25, -0.2) is 18.1 Å². The molecular weight excluding hydrogens is 278 g/mol. The predicted molar refractivity (Wildman–Crippen MR) is 73.5 cm³/mol. The van der Waals surface area contributed by atoms with Gasteiger partial charge in [-0.15, -0.1) is 11.3 Å². The van der Waals surface area contributed by atoms with Gasteiger partial charge in [0.25, 0.3) is 0 Å². The molecule has 0 amide bonds. The van der Waals surface area contributed by atoms with Gasteiger partial charge in [0.15, 0.2) is 0 Å². The Bertz CT molecular complexity index is 495. The Morgan fingerprint density at radius 2 is 2.35 bits per heavy atom. The second kappa shape index (κ2) is 5.85. The molecule has 0 spiro atoms. The van der Waals surface area contributed by atoms with E-state index in [-0.39, 0.29) is 11.5 Å². The average molecular weight is 293 g/mol. The molecule has 1 unspecified atom stereocenters. The van der Waals surface area contributed by atoms with E-state index >= 15 is 0 Å². The number of hydrogen-bond donors (Lipinski definition) is 2. The van der Waals surface area contributed by atoms with Crippen molar-refractivity contribution in [3.8, 4) is 0 Å². The first-order valence-electron chi connectivity index (χ1n) is 5.06. The average Bonchev–Trinajstić information content (AvgIpc) is 2.61. The summed E-state index contributed by atoms with van der Waals surface area (Å²) >= 11 is 6.20. The van der Waals surface area contributed by atoms with Crippen molar-refractivity contribution in [2.45, 2.75) is 32.1 Å². The number of thiocarbonyl (C=S) groups is 1. The smallest absolute Gasteiger partial charge is 0.221 e. The number of rotatable bonds is 6. The molecule has 0 bridgehead atoms. The summed E-state index contributed by atoms with van der Waals surface area (Å²) in [6.45, 7) is 3.83. The summed E-state index contributed by atoms with van der Waals surface area (Å²) in [4.78, 5) is 5.11. The van der Waals surface area contributed by atoms with Gasteiger partial charge in [-0.1, -0.05) is 19.1 Å². The van der Waals surface area contributed by atoms with Crippen LogP contribution in [0.2, 0.25) is 0 Å². The van der Waals surface area contributed by atoms with E-state index < -0.39 is 15.3 Å². The van der Waals surface area contributed by atoms with Crippen molar-refractivity contribution < 1.29 is 8.42 Å². The van der Waals surface area contributed by atoms with Gasteiger partial charge in [0, 0.05) is 11.1 Å². The summed E-state index contributed by atoms with van der Waals surface area (Å²) in [5.74, 6) is 0. The molecule has 0 aliphatic carbocycles. The van der Waals surface area contributed by atoms with Crippen LogP contribution in [0.3, 0.4) is 0 Å². The lowest BCUT2D eigenvalue weighted by Crippen LogP contribution is -2.41. The second-order valence-corrected chi connectivity index (χ2v) is 7.27. The monoisotopic (exact) mass is 293 g/mol. The summed E-state index contributed by atoms with van der Waals surface area (Å²) in [6.07, 6.45) is 2.07. The SMILES string of the molecule is CCC(C(N)=S)S(=O)(=O)NCc1ncc(C)s1. The Morgan fingerprint density at radius 3 is 2.76 bits per heavy atom. The standard InChI is InChI=1S/C9H15N3O2S3/c1-3-7(9(10)15)17(13,14)12-5-8-11-4-6(2)16-8/h4,7,12H,3,5H2,1-2H3,(H2,10,15). The Balaban J connectivity index is 2.70. The van der Waals surface area contributed by atoms with E-state index in [2.05, 4.69) is 9.71 Å². The van der Waals surface area contributed by atoms with Crippen molar-refractivity contribution in [1.29, 1.82) is 0 Å². The van der Waals surface area contributed by atoms with Crippen molar-refractivity contribution in [2.24, 2.45) is 5.73 Å². The molecule has 0 aliphatic heterocycles. The molecule has 0 saturated heterocycles. The largest absolute Gasteiger partial charge is 0.392 e. The summed E-state index contributed by atoms with van der Waals surface area (Å²) in [6, 6.07) is 0. The molecule has 0 fully saturated rings. The van der Waals surface area contributed by atoms with Crippen LogP contribution in [-0.2, 0) is 16.6 Å². The maximum Gasteiger partial charge on any atom is 0.221 e. The molecule has 0 aliphatic rings. The number of sulfonamides is 1. The van der Waals surface area contributed by atoms with E-state index in [0.29, 0.717) is 6.42 Å². The molecule has 5 nitrogen and oxygen atoms in total. The van der Waals surface area contributed by atoms with E-state index in [1.54, 1.807) is 13.1 Å². The van der Waals surface area contributed by atoms with Crippen LogP contribution in [-0.4, -0.2) is 23.6 Å². The third kappa shape index (κ3) is 3.98. The van der Waals surface area contributed by atoms with Gasteiger partial charge in [-0.05, 0) is 13.3 Å². The zero-order chi connectivity index (χ0) is 13.1. The van der Waals surface area contributed by atoms with Gasteiger partial charge >= 0.3 is 0 Å². The van der Waals surface area contributed by atoms with Crippen LogP contribution in [0.1, 0.15) is 23.2 Å². The fourth-order valence-electron chi connectivity index (χ4n) is 1.32. The van der Waals surface area contributed by atoms with Crippen LogP contribution in [0.15, 0.2) is 6.20 Å². The maximum absolute atomic E-state index is 11.9. The van der Waals surface area contributed by atoms with Gasteiger partial charge in [0.2, 0.25) is 10.0 Å². The lowest BCUT2D eigenvalue weighted by molar-refractivity contribution is 0.574. The first-order chi connectivity index (χ1) is 7.86. The molecule has 1 atom stereocenters. The van der Waals surface area contributed by atoms with Crippen molar-refractivity contribution in [1.82, 2.24) is 9.71 Å². The van der Waals surface area contributed by atoms with Crippen molar-refractivity contribution in [2.75, 3.05) is 0 Å². The summed E-state index contributed by atoms with van der Waals surface area (Å²) < 4.78 is 26.2. The van der Waals surface area contributed by atoms with Gasteiger partial charge in [0.1, 0.15) is 10.3 Å². The number of nitrogens with zero attached hydrogens (tertiary/aromatic N) is 1. The second-order valence-electron chi connectivity index (χ2n) is 3.53. The molecule has 1 aromatic rings. The number of aryl methyl sites for hydroxylation is 1. The highest BCUT2D eigenvalue weighted by Gasteiger charge is 2.26. The number of aromatic nitrogens is 1. The summed E-state index contributed by atoms with van der Waals surface area (Å²) in [5, 5.41) is -0.0950. The van der Waals surface area contributed by atoms with Crippen LogP contribution in [0.5, 0.6) is 0 Å². The summed E-state index contributed by atoms with van der Waals surface area (Å²) in [7, 11) is -3.51. The van der Waals surface area contributed by atoms with E-state index in [1.807, 2.05) is 6.92 Å². The highest BCUT2D eigenvalue weighted by Crippen LogP contribution is 2.12. The quantitative estimate of drug-likeness (QED) is 0.762. The highest BCUT2D eigenvalue weighted by molar-refractivity contribution is 7.93. The molecule has 0 radical (unpaired) electrons. The Kier molecular flexibility index (Phi) is 4.99. The van der Waals surface area contributed by atoms with E-state index in [0.717, 1.165) is 9.88 Å². The van der Waals surface area contributed by atoms with E-state index in [1.165, 1.54) is 11.3 Å². The Hall–Kier alpha value is -0.570. The molecule has 1 aromatic heterocycles. The highest BCUT2D eigenvalue weighted by atomic mass is 32.2. The number of hydrogen-bond acceptors (Lipinski definition) is 5. The zero-order valence-corrected chi connectivity index (χ0v) is 12.1. The van der Waals surface area contributed by atoms with Gasteiger partial charge < -0.3 is 5.73 Å². The Morgan fingerprint density at radius 1 is 1.71 bits per heavy atom. The molecule has 8 heteroatoms. The first-order valence-corrected chi connectivity index (χ1v) is 7.83. The van der Waals surface area contributed by atoms with Crippen molar-refractivity contribution in [3.63, 3.8) is 0 Å². The van der Waals surface area contributed by atoms with Crippen LogP contribution in [0, 0.1) is 6.92 Å². The molecule has 17 heavy (non-hydrogen) atoms. The predicted octanol–water partition coefficient (Wildman–Crippen LogP) is 0.936. The minimum atomic E-state index is -3.51. The van der Waals surface area contributed by atoms with Gasteiger partial charge in [-0.2, -0.15) is 0 Å². The normalized spacial score (nSPS) is 13.5. The molecular formula is C9H15N3O2S3. The fourth-order valence-corrected chi connectivity index (χ4v) is 3.97. The van der Waals surface area contributed by atoms with Crippen molar-refractivity contribution in [3.05, 3.63) is 16.1 Å². The minimum absolute atomic E-state index is 0.00433. The van der Waals surface area contributed by atoms with Gasteiger partial charge in [-0.3, -0.25) is 0 Å². The Labute approximate surface area is 110 Å². The third-order valence-corrected chi connectivity index (χ3v) is 5.39. The molecule has 0 saturated carbocycles. The zero-order valence-electron chi connectivity index (χ0n) is 9.63. The topological polar surface area (TPSA) is 85.1 Å². The van der Waals surface area contributed by atoms with E-state index in [4.69, 9.17) is 18.0 Å². The number of thiazole rings is 1. The molecule has 0 aromatic carbocycles. The first kappa shape index (κ1) is 14.5. The minimum Gasteiger partial charge on any atom is -0.392 e. The molecule has 1 rings (SSSR count). The number of nitrogens with two attached hydrogens (primary N) is 1. The van der Waals surface area contributed by atoms with Crippen LogP contribution < -0.4 is 10.5 Å².